The van der Waals surface area contributed by atoms with Crippen LogP contribution in [-0.2, 0) is 96.4 Å². The second-order valence-electron chi connectivity index (χ2n) is 32.0. The molecular formula is C100H129N15O31S4. The van der Waals surface area contributed by atoms with Gasteiger partial charge < -0.3 is 129 Å². The maximum absolute atomic E-state index is 11.8. The van der Waals surface area contributed by atoms with Crippen LogP contribution in [0.1, 0.15) is 44.9 Å². The number of aromatic carboxylic acids is 1. The highest BCUT2D eigenvalue weighted by molar-refractivity contribution is 7.94. The number of carboxylic acids is 1. The molecule has 814 valence electrons. The molecule has 0 radical (unpaired) electrons. The van der Waals surface area contributed by atoms with Crippen molar-refractivity contribution >= 4 is 158 Å². The van der Waals surface area contributed by atoms with Crippen LogP contribution >= 0.6 is 46.1 Å². The third-order valence-electron chi connectivity index (χ3n) is 22.1. The number of hydrogen-bond donors (Lipinski definition) is 1. The van der Waals surface area contributed by atoms with E-state index in [1.807, 2.05) is 24.3 Å². The number of ether oxygens (including phenoxy) is 21. The molecular weight excluding hydrogens is 2040 g/mol. The second kappa shape index (κ2) is 69.6. The summed E-state index contributed by atoms with van der Waals surface area (Å²) < 4.78 is 125. The largest absolute Gasteiger partial charge is 0.691 e. The predicted molar refractivity (Wildman–Crippen MR) is 561 cm³/mol. The lowest BCUT2D eigenvalue weighted by molar-refractivity contribution is -0.777. The van der Waals surface area contributed by atoms with Crippen LogP contribution in [0.4, 0.5) is 67.1 Å². The van der Waals surface area contributed by atoms with Crippen LogP contribution in [0, 0.1) is 20.2 Å². The van der Waals surface area contributed by atoms with Crippen LogP contribution in [0.2, 0.25) is 0 Å². The minimum Gasteiger partial charge on any atom is -0.691 e. The molecule has 3 aromatic heterocycles. The van der Waals surface area contributed by atoms with E-state index in [4.69, 9.17) is 105 Å². The van der Waals surface area contributed by atoms with Gasteiger partial charge in [0.15, 0.2) is 23.6 Å². The van der Waals surface area contributed by atoms with E-state index in [9.17, 15) is 35.1 Å². The Morgan fingerprint density at radius 3 is 1.19 bits per heavy atom. The van der Waals surface area contributed by atoms with Gasteiger partial charge in [0, 0.05) is 118 Å². The van der Waals surface area contributed by atoms with E-state index in [0.717, 1.165) is 87.5 Å². The Labute approximate surface area is 884 Å². The molecule has 0 amide bonds. The number of azo groups is 3. The highest BCUT2D eigenvalue weighted by atomic mass is 32.2. The predicted octanol–water partition coefficient (Wildman–Crippen LogP) is 15.3. The normalized spacial score (nSPS) is 16.8. The molecule has 7 aromatic carbocycles. The summed E-state index contributed by atoms with van der Waals surface area (Å²) in [5.41, 5.74) is 6.46. The first-order chi connectivity index (χ1) is 73.6. The Balaban J connectivity index is 0.000000191. The second-order valence-corrected chi connectivity index (χ2v) is 35.5. The van der Waals surface area contributed by atoms with Crippen molar-refractivity contribution in [2.45, 2.75) is 19.9 Å². The number of aryl methyl sites for hydroxylation is 1. The van der Waals surface area contributed by atoms with Gasteiger partial charge in [-0.25, -0.2) is 19.6 Å². The zero-order valence-corrected chi connectivity index (χ0v) is 87.8. The summed E-state index contributed by atoms with van der Waals surface area (Å²) in [7, 11) is 6.43. The van der Waals surface area contributed by atoms with Crippen molar-refractivity contribution in [1.82, 2.24) is 9.97 Å². The number of fused-ring (bicyclic) bond motifs is 3. The van der Waals surface area contributed by atoms with Crippen LogP contribution in [0.5, 0.6) is 23.0 Å². The fourth-order valence-corrected chi connectivity index (χ4v) is 17.5. The van der Waals surface area contributed by atoms with Gasteiger partial charge in [0.25, 0.3) is 10.7 Å². The number of hydrogen-bond acceptors (Lipinski definition) is 46. The lowest BCUT2D eigenvalue weighted by Crippen LogP contribution is -2.35. The topological polar surface area (TPSA) is 493 Å². The molecule has 1 N–H and O–H groups in total. The van der Waals surface area contributed by atoms with E-state index < -0.39 is 33.2 Å². The molecule has 0 saturated carbocycles. The number of benzene rings is 7. The lowest BCUT2D eigenvalue weighted by Gasteiger charge is -2.26. The van der Waals surface area contributed by atoms with E-state index in [0.29, 0.717) is 309 Å². The zero-order chi connectivity index (χ0) is 106. The Morgan fingerprint density at radius 2 is 0.813 bits per heavy atom. The van der Waals surface area contributed by atoms with Gasteiger partial charge in [-0.3, -0.25) is 25.3 Å². The number of thiazole rings is 3. The molecule has 50 heteroatoms. The van der Waals surface area contributed by atoms with E-state index in [1.54, 1.807) is 75.3 Å². The fourth-order valence-electron chi connectivity index (χ4n) is 14.8. The Bertz CT molecular complexity index is 5750. The summed E-state index contributed by atoms with van der Waals surface area (Å²) in [4.78, 5) is 60.2. The van der Waals surface area contributed by atoms with Crippen LogP contribution in [0.15, 0.2) is 169 Å². The first kappa shape index (κ1) is 118. The van der Waals surface area contributed by atoms with E-state index >= 15 is 0 Å². The molecule has 46 nitrogen and oxygen atoms in total. The maximum atomic E-state index is 11.8. The molecule has 10 aromatic rings. The smallest absolute Gasteiger partial charge is 0.357 e. The van der Waals surface area contributed by atoms with Crippen molar-refractivity contribution < 1.29 is 143 Å². The molecule has 0 bridgehead atoms. The summed E-state index contributed by atoms with van der Waals surface area (Å²) in [5.74, 6) is 1.64. The van der Waals surface area contributed by atoms with Gasteiger partial charge in [-0.1, -0.05) is 41.7 Å². The average Bonchev–Trinajstić information content (AvgIpc) is 1.62. The number of carbonyl (C=O) groups excluding carboxylic acids is 1. The third-order valence-corrected chi connectivity index (χ3v) is 25.3. The standard InChI is InChI=1S/C33H40N2O8S2.C23H29N5O9.C23H32N4O7S.C21H28N4O7S/c1-37-30-25-26(7-10-29(30)34-14-16-38-18-20-40-22-23-41-21-19-39-17-15-34)8-12-32-35(13-4-24-44-43-42-36)33-28-6-3-2-5-27(28)9-11-31(33)45-32;1-33-23-16-18(24-25-20-4-3-19(27(29)30)17-22(20)28(31)32)2-5-21(23)26-6-8-34-10-12-36-14-15-37-13-11-35-9-7-26;1-3-34-22(28)19-17-35-23(24-19)26-25-18-4-5-20(21(16-18)29-2)27-6-8-30-10-12-32-14-15-33-13-11-31-9-7-27;1-28-19-14-16(23-24-21-22-17(15-33-21)20(26)27)2-3-18(19)25-4-6-29-8-10-31-12-13-32-11-9-30-7-5-25/h2-3,5-12,25H,4,13-24H2,1H3;2-5,16-17H,6-15H2,1H3;4-5,16-17H,3,6-15H2,1-2H3;2-3,14-15H,4-13H2,1H3,(H,26,27). The first-order valence-corrected chi connectivity index (χ1v) is 52.2. The Morgan fingerprint density at radius 1 is 0.440 bits per heavy atom. The zero-order valence-electron chi connectivity index (χ0n) is 84.6. The summed E-state index contributed by atoms with van der Waals surface area (Å²) in [5, 5.41) is 76.7. The molecule has 0 spiro atoms. The van der Waals surface area contributed by atoms with E-state index in [2.05, 4.69) is 141 Å². The number of carbonyl (C=O) groups is 2. The van der Waals surface area contributed by atoms with Gasteiger partial charge in [0.1, 0.15) is 27.7 Å². The summed E-state index contributed by atoms with van der Waals surface area (Å²) >= 11 is 5.10. The number of rotatable bonds is 27. The van der Waals surface area contributed by atoms with Gasteiger partial charge in [-0.2, -0.15) is 14.0 Å². The molecule has 7 heterocycles. The molecule has 0 aliphatic carbocycles. The maximum Gasteiger partial charge on any atom is 0.357 e. The molecule has 4 aliphatic heterocycles. The van der Waals surface area contributed by atoms with Crippen LogP contribution in [-0.4, -0.2) is 341 Å². The average molecular weight is 2170 g/mol. The molecule has 4 saturated heterocycles. The Hall–Kier alpha value is -11.8. The van der Waals surface area contributed by atoms with Crippen molar-refractivity contribution in [3.63, 3.8) is 0 Å². The van der Waals surface area contributed by atoms with Crippen LogP contribution < -0.4 is 48.4 Å². The number of methoxy groups -OCH3 is 4. The highest BCUT2D eigenvalue weighted by Gasteiger charge is 2.26. The molecule has 0 unspecified atom stereocenters. The number of non-ortho nitro benzene ring substituents is 1. The number of aromatic nitrogens is 3. The van der Waals surface area contributed by atoms with Crippen molar-refractivity contribution in [3.05, 3.63) is 180 Å². The minimum absolute atomic E-state index is 0.0540. The monoisotopic (exact) mass is 2160 g/mol. The molecule has 0 atom stereocenters. The fraction of sp³-hybridized carbons (Fsp3) is 0.490. The number of nitro groups is 2. The van der Waals surface area contributed by atoms with E-state index in [-0.39, 0.29) is 28.8 Å². The third kappa shape index (κ3) is 41.4. The molecule has 14 rings (SSSR count). The number of anilines is 4. The Kier molecular flexibility index (Phi) is 55.0. The number of esters is 1. The van der Waals surface area contributed by atoms with Crippen LogP contribution in [0.25, 0.3) is 33.1 Å². The molecule has 4 fully saturated rings. The van der Waals surface area contributed by atoms with Crippen molar-refractivity contribution in [2.24, 2.45) is 30.7 Å². The molecule has 150 heavy (non-hydrogen) atoms. The van der Waals surface area contributed by atoms with Gasteiger partial charge in [0.2, 0.25) is 15.8 Å². The van der Waals surface area contributed by atoms with Gasteiger partial charge in [0.05, 0.1) is 308 Å². The van der Waals surface area contributed by atoms with Crippen molar-refractivity contribution in [3.8, 4) is 23.0 Å². The summed E-state index contributed by atoms with van der Waals surface area (Å²) in [6.07, 6.45) is 5.09. The van der Waals surface area contributed by atoms with Crippen LogP contribution in [0.3, 0.4) is 0 Å². The van der Waals surface area contributed by atoms with Crippen molar-refractivity contribution in [2.75, 3.05) is 324 Å². The quantitative estimate of drug-likeness (QED) is 0.00730. The molecule has 4 aliphatic rings. The summed E-state index contributed by atoms with van der Waals surface area (Å²) in [6, 6.07) is 38.4. The number of carboxylic acid groups (broad SMARTS) is 1. The number of nitro benzene ring substituents is 2. The first-order valence-electron chi connectivity index (χ1n) is 48.7. The van der Waals surface area contributed by atoms with E-state index in [1.165, 1.54) is 50.9 Å². The minimum atomic E-state index is -1.10. The van der Waals surface area contributed by atoms with Gasteiger partial charge in [-0.15, -0.1) is 48.2 Å². The highest BCUT2D eigenvalue weighted by Crippen LogP contribution is 2.40. The van der Waals surface area contributed by atoms with Gasteiger partial charge in [-0.05, 0) is 90.7 Å². The van der Waals surface area contributed by atoms with Gasteiger partial charge >= 0.3 is 17.6 Å². The van der Waals surface area contributed by atoms with Crippen molar-refractivity contribution in [1.29, 1.82) is 0 Å². The lowest BCUT2D eigenvalue weighted by atomic mass is 10.1. The SMILES string of the molecule is CCOC(=O)c1csc(N=Nc2ccc(N3CCOCCOCCOCCOCC3)c(OC)c2)n1.COc1cc(/C=C/c2sc3ccc4ccccc4c3[n+]2CCCSOO[O-])ccc1N1CCOCCOCCOCCOCC1.COc1cc(N=Nc2ccc([N+](=O)[O-])cc2[N+](=O)[O-])ccc1N1CCOCCOCCOCCOCC1.COc1cc(N=Nc2nc(C(=O)O)cs2)ccc1N1CCOCCOCCOCCOCC1. The summed E-state index contributed by atoms with van der Waals surface area (Å²) in [6.45, 7) is 24.7. The number of nitrogens with zero attached hydrogens (tertiary/aromatic N) is 15.